The van der Waals surface area contributed by atoms with Gasteiger partial charge in [-0.05, 0) is 44.0 Å². The van der Waals surface area contributed by atoms with Gasteiger partial charge in [0.2, 0.25) is 0 Å². The second-order valence-electron chi connectivity index (χ2n) is 5.94. The predicted octanol–water partition coefficient (Wildman–Crippen LogP) is 2.42. The number of aromatic nitrogens is 1. The first-order chi connectivity index (χ1) is 7.32. The fraction of sp³-hybridized carbons (Fsp3) is 0.615. The highest BCUT2D eigenvalue weighted by molar-refractivity contribution is 6.68. The van der Waals surface area contributed by atoms with Crippen LogP contribution in [0.5, 0.6) is 0 Å². The first-order valence-corrected chi connectivity index (χ1v) is 5.92. The molecule has 2 nitrogen and oxygen atoms in total. The van der Waals surface area contributed by atoms with Crippen LogP contribution in [0, 0.1) is 12.3 Å². The molecule has 1 fully saturated rings. The van der Waals surface area contributed by atoms with Crippen molar-refractivity contribution in [1.82, 2.24) is 4.98 Å². The summed E-state index contributed by atoms with van der Waals surface area (Å²) < 4.78 is 6.15. The zero-order valence-electron chi connectivity index (χ0n) is 10.9. The van der Waals surface area contributed by atoms with E-state index in [1.54, 1.807) is 0 Å². The van der Waals surface area contributed by atoms with E-state index in [9.17, 15) is 0 Å². The highest BCUT2D eigenvalue weighted by Gasteiger charge is 2.49. The lowest BCUT2D eigenvalue weighted by Crippen LogP contribution is -2.36. The van der Waals surface area contributed by atoms with Crippen LogP contribution in [0.25, 0.3) is 0 Å². The van der Waals surface area contributed by atoms with Crippen molar-refractivity contribution in [3.8, 4) is 0 Å². The Balaban J connectivity index is 2.23. The van der Waals surface area contributed by atoms with E-state index in [2.05, 4.69) is 44.8 Å². The molecule has 0 N–H and O–H groups in total. The molecule has 0 aromatic carbocycles. The molecule has 0 amide bonds. The Hall–Kier alpha value is -0.825. The van der Waals surface area contributed by atoms with Crippen molar-refractivity contribution < 1.29 is 4.65 Å². The number of hydrogen-bond donors (Lipinski definition) is 0. The van der Waals surface area contributed by atoms with Gasteiger partial charge < -0.3 is 4.65 Å². The summed E-state index contributed by atoms with van der Waals surface area (Å²) in [6.07, 6.45) is 3.00. The van der Waals surface area contributed by atoms with Crippen molar-refractivity contribution >= 4 is 12.4 Å². The second kappa shape index (κ2) is 3.59. The summed E-state index contributed by atoms with van der Waals surface area (Å²) in [6, 6.07) is 4.18. The number of rotatable bonds is 1. The lowest BCUT2D eigenvalue weighted by atomic mass is 9.54. The van der Waals surface area contributed by atoms with Crippen LogP contribution in [-0.4, -0.2) is 17.5 Å². The predicted molar refractivity (Wildman–Crippen MR) is 68.1 cm³/mol. The number of nitrogens with zero attached hydrogens (tertiary/aromatic N) is 1. The molecule has 16 heavy (non-hydrogen) atoms. The Morgan fingerprint density at radius 2 is 1.94 bits per heavy atom. The first-order valence-electron chi connectivity index (χ1n) is 5.92. The Morgan fingerprint density at radius 1 is 1.25 bits per heavy atom. The summed E-state index contributed by atoms with van der Waals surface area (Å²) in [7, 11) is 0. The zero-order chi connectivity index (χ0) is 12.0. The molecule has 0 aliphatic carbocycles. The van der Waals surface area contributed by atoms with E-state index < -0.39 is 0 Å². The van der Waals surface area contributed by atoms with E-state index in [1.165, 1.54) is 5.46 Å². The Labute approximate surface area is 98.5 Å². The van der Waals surface area contributed by atoms with Crippen LogP contribution in [0.1, 0.15) is 33.4 Å². The summed E-state index contributed by atoms with van der Waals surface area (Å²) in [6.45, 7) is 11.1. The topological polar surface area (TPSA) is 22.1 Å². The average molecular weight is 217 g/mol. The van der Waals surface area contributed by atoms with Crippen LogP contribution in [0.4, 0.5) is 0 Å². The van der Waals surface area contributed by atoms with Crippen LogP contribution in [-0.2, 0) is 4.65 Å². The maximum Gasteiger partial charge on any atom is 0.329 e. The SMILES string of the molecule is Cc1ccc(B2CC(C)(C)C(C)(C)O2)cn1. The monoisotopic (exact) mass is 217 g/mol. The molecule has 2 rings (SSSR count). The summed E-state index contributed by atoms with van der Waals surface area (Å²) in [5.41, 5.74) is 2.40. The van der Waals surface area contributed by atoms with Gasteiger partial charge in [0.05, 0.1) is 5.60 Å². The van der Waals surface area contributed by atoms with Gasteiger partial charge in [0.1, 0.15) is 0 Å². The maximum atomic E-state index is 6.15. The first kappa shape index (κ1) is 11.7. The van der Waals surface area contributed by atoms with Crippen molar-refractivity contribution in [3.05, 3.63) is 24.0 Å². The summed E-state index contributed by atoms with van der Waals surface area (Å²) >= 11 is 0. The molecule has 1 saturated heterocycles. The molecular weight excluding hydrogens is 197 g/mol. The average Bonchev–Trinajstić information content (AvgIpc) is 2.37. The third kappa shape index (κ3) is 1.89. The lowest BCUT2D eigenvalue weighted by Gasteiger charge is -2.34. The van der Waals surface area contributed by atoms with Gasteiger partial charge in [-0.15, -0.1) is 0 Å². The van der Waals surface area contributed by atoms with E-state index in [4.69, 9.17) is 4.65 Å². The highest BCUT2D eigenvalue weighted by Crippen LogP contribution is 2.44. The molecule has 2 heterocycles. The molecule has 1 aliphatic rings. The molecule has 0 spiro atoms. The minimum absolute atomic E-state index is 0.0669. The minimum Gasteiger partial charge on any atom is -0.425 e. The Bertz CT molecular complexity index is 367. The Morgan fingerprint density at radius 3 is 2.38 bits per heavy atom. The third-order valence-corrected chi connectivity index (χ3v) is 4.07. The van der Waals surface area contributed by atoms with Gasteiger partial charge in [0.25, 0.3) is 0 Å². The molecule has 0 atom stereocenters. The summed E-state index contributed by atoms with van der Waals surface area (Å²) in [5.74, 6) is 0. The van der Waals surface area contributed by atoms with Crippen LogP contribution in [0.15, 0.2) is 18.3 Å². The van der Waals surface area contributed by atoms with E-state index >= 15 is 0 Å². The molecule has 0 unspecified atom stereocenters. The van der Waals surface area contributed by atoms with Crippen molar-refractivity contribution in [3.63, 3.8) is 0 Å². The van der Waals surface area contributed by atoms with E-state index in [1.807, 2.05) is 13.1 Å². The largest absolute Gasteiger partial charge is 0.425 e. The van der Waals surface area contributed by atoms with Crippen molar-refractivity contribution in [1.29, 1.82) is 0 Å². The van der Waals surface area contributed by atoms with Gasteiger partial charge in [-0.25, -0.2) is 0 Å². The number of pyridine rings is 1. The van der Waals surface area contributed by atoms with Crippen LogP contribution in [0.2, 0.25) is 6.32 Å². The van der Waals surface area contributed by atoms with Gasteiger partial charge in [0.15, 0.2) is 0 Å². The Kier molecular flexibility index (Phi) is 2.62. The van der Waals surface area contributed by atoms with Crippen LogP contribution >= 0.6 is 0 Å². The minimum atomic E-state index is -0.0669. The van der Waals surface area contributed by atoms with Crippen molar-refractivity contribution in [2.75, 3.05) is 0 Å². The molecule has 1 aromatic rings. The van der Waals surface area contributed by atoms with Gasteiger partial charge in [-0.3, -0.25) is 4.98 Å². The van der Waals surface area contributed by atoms with Crippen LogP contribution < -0.4 is 5.46 Å². The van der Waals surface area contributed by atoms with Crippen molar-refractivity contribution in [2.24, 2.45) is 5.41 Å². The van der Waals surface area contributed by atoms with E-state index in [0.717, 1.165) is 12.0 Å². The zero-order valence-corrected chi connectivity index (χ0v) is 10.9. The molecule has 1 aromatic heterocycles. The quantitative estimate of drug-likeness (QED) is 0.674. The third-order valence-electron chi connectivity index (χ3n) is 4.07. The molecular formula is C13H20BNO. The summed E-state index contributed by atoms with van der Waals surface area (Å²) in [4.78, 5) is 4.34. The normalized spacial score (nSPS) is 22.4. The van der Waals surface area contributed by atoms with Gasteiger partial charge in [-0.1, -0.05) is 19.9 Å². The lowest BCUT2D eigenvalue weighted by molar-refractivity contribution is 0.0375. The number of aryl methyl sites for hydroxylation is 1. The maximum absolute atomic E-state index is 6.15. The van der Waals surface area contributed by atoms with Gasteiger partial charge in [0, 0.05) is 11.9 Å². The molecule has 3 heteroatoms. The molecule has 86 valence electrons. The standard InChI is InChI=1S/C13H20BNO/c1-10-6-7-11(8-15-10)14-9-12(2,3)13(4,5)16-14/h6-8H,9H2,1-5H3. The number of hydrogen-bond acceptors (Lipinski definition) is 2. The van der Waals surface area contributed by atoms with E-state index in [-0.39, 0.29) is 17.9 Å². The summed E-state index contributed by atoms with van der Waals surface area (Å²) in [5, 5.41) is 0. The fourth-order valence-electron chi connectivity index (χ4n) is 2.12. The molecule has 0 radical (unpaired) electrons. The molecule has 0 bridgehead atoms. The van der Waals surface area contributed by atoms with Gasteiger partial charge in [-0.2, -0.15) is 0 Å². The van der Waals surface area contributed by atoms with Crippen molar-refractivity contribution in [2.45, 2.75) is 46.5 Å². The van der Waals surface area contributed by atoms with E-state index in [0.29, 0.717) is 0 Å². The fourth-order valence-corrected chi connectivity index (χ4v) is 2.12. The second-order valence-corrected chi connectivity index (χ2v) is 5.94. The van der Waals surface area contributed by atoms with Gasteiger partial charge >= 0.3 is 6.92 Å². The highest BCUT2D eigenvalue weighted by atomic mass is 16.5. The molecule has 0 saturated carbocycles. The molecule has 1 aliphatic heterocycles. The van der Waals surface area contributed by atoms with Crippen LogP contribution in [0.3, 0.4) is 0 Å². The smallest absolute Gasteiger partial charge is 0.329 e.